The lowest BCUT2D eigenvalue weighted by atomic mass is 9.83. The second-order valence-corrected chi connectivity index (χ2v) is 6.46. The second kappa shape index (κ2) is 6.56. The molecule has 1 atom stereocenters. The van der Waals surface area contributed by atoms with Crippen LogP contribution in [0.5, 0.6) is 0 Å². The number of amides is 1. The van der Waals surface area contributed by atoms with Crippen molar-refractivity contribution in [2.24, 2.45) is 5.92 Å². The molecular weight excluding hydrogens is 269 g/mol. The van der Waals surface area contributed by atoms with E-state index < -0.39 is 11.5 Å². The van der Waals surface area contributed by atoms with Crippen LogP contribution in [0.1, 0.15) is 45.1 Å². The van der Waals surface area contributed by atoms with Gasteiger partial charge in [-0.05, 0) is 50.3 Å². The molecule has 1 aliphatic carbocycles. The number of hydrogen-bond acceptors (Lipinski definition) is 2. The molecule has 2 rings (SSSR count). The summed E-state index contributed by atoms with van der Waals surface area (Å²) in [6.07, 6.45) is 3.89. The minimum atomic E-state index is -0.822. The Morgan fingerprint density at radius 3 is 2.71 bits per heavy atom. The van der Waals surface area contributed by atoms with E-state index >= 15 is 0 Å². The van der Waals surface area contributed by atoms with Gasteiger partial charge in [0, 0.05) is 6.54 Å². The van der Waals surface area contributed by atoms with Gasteiger partial charge >= 0.3 is 0 Å². The molecule has 0 aliphatic heterocycles. The SMILES string of the molecule is CC(C)(C(=O)NCC(O)C1CCCC1)c1cccc(F)c1. The van der Waals surface area contributed by atoms with E-state index in [1.807, 2.05) is 0 Å². The predicted molar refractivity (Wildman–Crippen MR) is 80.4 cm³/mol. The molecule has 0 saturated heterocycles. The molecule has 116 valence electrons. The number of halogens is 1. The lowest BCUT2D eigenvalue weighted by molar-refractivity contribution is -0.126. The minimum Gasteiger partial charge on any atom is -0.391 e. The van der Waals surface area contributed by atoms with Crippen LogP contribution in [0.2, 0.25) is 0 Å². The molecule has 0 aromatic heterocycles. The molecule has 1 amide bonds. The van der Waals surface area contributed by atoms with E-state index in [0.717, 1.165) is 25.7 Å². The summed E-state index contributed by atoms with van der Waals surface area (Å²) in [6.45, 7) is 3.79. The molecule has 1 aromatic rings. The Kier molecular flexibility index (Phi) is 4.99. The lowest BCUT2D eigenvalue weighted by Gasteiger charge is -2.26. The molecule has 1 saturated carbocycles. The quantitative estimate of drug-likeness (QED) is 0.877. The fourth-order valence-corrected chi connectivity index (χ4v) is 2.94. The average molecular weight is 293 g/mol. The molecule has 1 fully saturated rings. The maximum Gasteiger partial charge on any atom is 0.230 e. The van der Waals surface area contributed by atoms with Crippen molar-refractivity contribution in [1.29, 1.82) is 0 Å². The summed E-state index contributed by atoms with van der Waals surface area (Å²) in [6, 6.07) is 6.09. The van der Waals surface area contributed by atoms with Crippen LogP contribution in [0.3, 0.4) is 0 Å². The molecule has 4 heteroatoms. The Bertz CT molecular complexity index is 495. The van der Waals surface area contributed by atoms with Gasteiger partial charge in [0.1, 0.15) is 5.82 Å². The Labute approximate surface area is 125 Å². The molecule has 1 aliphatic rings. The molecule has 1 aromatic carbocycles. The highest BCUT2D eigenvalue weighted by atomic mass is 19.1. The van der Waals surface area contributed by atoms with Crippen molar-refractivity contribution < 1.29 is 14.3 Å². The van der Waals surface area contributed by atoms with Gasteiger partial charge < -0.3 is 10.4 Å². The highest BCUT2D eigenvalue weighted by Gasteiger charge is 2.31. The molecule has 21 heavy (non-hydrogen) atoms. The van der Waals surface area contributed by atoms with Crippen molar-refractivity contribution in [1.82, 2.24) is 5.32 Å². The number of rotatable bonds is 5. The van der Waals surface area contributed by atoms with Gasteiger partial charge in [-0.3, -0.25) is 4.79 Å². The molecule has 0 heterocycles. The van der Waals surface area contributed by atoms with Gasteiger partial charge in [0.25, 0.3) is 0 Å². The third-order valence-corrected chi connectivity index (χ3v) is 4.53. The van der Waals surface area contributed by atoms with E-state index in [2.05, 4.69) is 5.32 Å². The van der Waals surface area contributed by atoms with E-state index in [9.17, 15) is 14.3 Å². The number of benzene rings is 1. The van der Waals surface area contributed by atoms with Gasteiger partial charge in [0.2, 0.25) is 5.91 Å². The molecule has 0 bridgehead atoms. The first-order valence-electron chi connectivity index (χ1n) is 7.63. The molecule has 2 N–H and O–H groups in total. The van der Waals surface area contributed by atoms with Crippen molar-refractivity contribution in [2.45, 2.75) is 51.0 Å². The van der Waals surface area contributed by atoms with E-state index in [-0.39, 0.29) is 18.3 Å². The first kappa shape index (κ1) is 16.0. The third-order valence-electron chi connectivity index (χ3n) is 4.53. The summed E-state index contributed by atoms with van der Waals surface area (Å²) in [5, 5.41) is 12.9. The zero-order chi connectivity index (χ0) is 15.5. The Balaban J connectivity index is 1.95. The largest absolute Gasteiger partial charge is 0.391 e. The van der Waals surface area contributed by atoms with Crippen LogP contribution in [0.4, 0.5) is 4.39 Å². The number of carbonyl (C=O) groups is 1. The molecule has 0 spiro atoms. The Morgan fingerprint density at radius 2 is 2.10 bits per heavy atom. The van der Waals surface area contributed by atoms with Gasteiger partial charge in [0.15, 0.2) is 0 Å². The predicted octanol–water partition coefficient (Wildman–Crippen LogP) is 2.77. The highest BCUT2D eigenvalue weighted by molar-refractivity contribution is 5.87. The number of aliphatic hydroxyl groups excluding tert-OH is 1. The van der Waals surface area contributed by atoms with Crippen molar-refractivity contribution in [2.75, 3.05) is 6.54 Å². The maximum absolute atomic E-state index is 13.3. The topological polar surface area (TPSA) is 49.3 Å². The van der Waals surface area contributed by atoms with Crippen LogP contribution < -0.4 is 5.32 Å². The third kappa shape index (κ3) is 3.82. The van der Waals surface area contributed by atoms with E-state index in [1.165, 1.54) is 12.1 Å². The van der Waals surface area contributed by atoms with Gasteiger partial charge in [0.05, 0.1) is 11.5 Å². The van der Waals surface area contributed by atoms with Crippen molar-refractivity contribution in [3.8, 4) is 0 Å². The second-order valence-electron chi connectivity index (χ2n) is 6.46. The zero-order valence-electron chi connectivity index (χ0n) is 12.7. The van der Waals surface area contributed by atoms with E-state index in [1.54, 1.807) is 26.0 Å². The minimum absolute atomic E-state index is 0.190. The number of carbonyl (C=O) groups excluding carboxylic acids is 1. The smallest absolute Gasteiger partial charge is 0.230 e. The molecule has 1 unspecified atom stereocenters. The number of hydrogen-bond donors (Lipinski definition) is 2. The highest BCUT2D eigenvalue weighted by Crippen LogP contribution is 2.28. The van der Waals surface area contributed by atoms with Crippen LogP contribution in [-0.2, 0) is 10.2 Å². The summed E-state index contributed by atoms with van der Waals surface area (Å²) in [7, 11) is 0. The van der Waals surface area contributed by atoms with Crippen molar-refractivity contribution in [3.05, 3.63) is 35.6 Å². The summed E-state index contributed by atoms with van der Waals surface area (Å²) in [5.74, 6) is -0.243. The molecular formula is C17H24FNO2. The van der Waals surface area contributed by atoms with E-state index in [4.69, 9.17) is 0 Å². The van der Waals surface area contributed by atoms with Crippen molar-refractivity contribution in [3.63, 3.8) is 0 Å². The first-order chi connectivity index (χ1) is 9.91. The monoisotopic (exact) mass is 293 g/mol. The lowest BCUT2D eigenvalue weighted by Crippen LogP contribution is -2.44. The standard InChI is InChI=1S/C17H24FNO2/c1-17(2,13-8-5-9-14(18)10-13)16(21)19-11-15(20)12-6-3-4-7-12/h5,8-10,12,15,20H,3-4,6-7,11H2,1-2H3,(H,19,21). The first-order valence-corrected chi connectivity index (χ1v) is 7.63. The average Bonchev–Trinajstić information content (AvgIpc) is 2.98. The van der Waals surface area contributed by atoms with E-state index in [0.29, 0.717) is 11.5 Å². The van der Waals surface area contributed by atoms with Gasteiger partial charge in [-0.25, -0.2) is 4.39 Å². The van der Waals surface area contributed by atoms with Gasteiger partial charge in [-0.15, -0.1) is 0 Å². The number of nitrogens with one attached hydrogen (secondary N) is 1. The fraction of sp³-hybridized carbons (Fsp3) is 0.588. The normalized spacial score (nSPS) is 17.7. The fourth-order valence-electron chi connectivity index (χ4n) is 2.94. The summed E-state index contributed by atoms with van der Waals surface area (Å²) in [4.78, 5) is 12.4. The Morgan fingerprint density at radius 1 is 1.43 bits per heavy atom. The summed E-state index contributed by atoms with van der Waals surface area (Å²) < 4.78 is 13.3. The van der Waals surface area contributed by atoms with Gasteiger partial charge in [-0.1, -0.05) is 25.0 Å². The van der Waals surface area contributed by atoms with Crippen LogP contribution in [0.25, 0.3) is 0 Å². The van der Waals surface area contributed by atoms with Crippen LogP contribution in [0.15, 0.2) is 24.3 Å². The molecule has 3 nitrogen and oxygen atoms in total. The zero-order valence-corrected chi connectivity index (χ0v) is 12.7. The van der Waals surface area contributed by atoms with Crippen molar-refractivity contribution >= 4 is 5.91 Å². The summed E-state index contributed by atoms with van der Waals surface area (Å²) >= 11 is 0. The Hall–Kier alpha value is -1.42. The van der Waals surface area contributed by atoms with Gasteiger partial charge in [-0.2, -0.15) is 0 Å². The summed E-state index contributed by atoms with van der Waals surface area (Å²) in [5.41, 5.74) is -0.187. The maximum atomic E-state index is 13.3. The van der Waals surface area contributed by atoms with Crippen LogP contribution in [0, 0.1) is 11.7 Å². The molecule has 0 radical (unpaired) electrons. The number of aliphatic hydroxyl groups is 1. The van der Waals surface area contributed by atoms with Crippen LogP contribution in [-0.4, -0.2) is 23.7 Å². The van der Waals surface area contributed by atoms with Crippen LogP contribution >= 0.6 is 0 Å².